The summed E-state index contributed by atoms with van der Waals surface area (Å²) >= 11 is 6.56. The van der Waals surface area contributed by atoms with Crippen LogP contribution in [-0.2, 0) is 16.0 Å². The average molecular weight is 367 g/mol. The van der Waals surface area contributed by atoms with E-state index in [2.05, 4.69) is 0 Å². The monoisotopic (exact) mass is 367 g/mol. The molecule has 2 aliphatic heterocycles. The first kappa shape index (κ1) is 16.1. The van der Waals surface area contributed by atoms with E-state index in [1.807, 2.05) is 36.4 Å². The van der Waals surface area contributed by atoms with Crippen LogP contribution in [0.2, 0.25) is 0 Å². The van der Waals surface area contributed by atoms with Gasteiger partial charge in [0.05, 0.1) is 5.56 Å². The van der Waals surface area contributed by atoms with E-state index < -0.39 is 5.97 Å². The maximum absolute atomic E-state index is 12.8. The van der Waals surface area contributed by atoms with Crippen molar-refractivity contribution in [2.75, 3.05) is 6.54 Å². The van der Waals surface area contributed by atoms with Crippen LogP contribution in [0.1, 0.15) is 21.5 Å². The van der Waals surface area contributed by atoms with E-state index in [4.69, 9.17) is 17.0 Å². The molecule has 0 atom stereocenters. The smallest absolute Gasteiger partial charge is 0.344 e. The lowest BCUT2D eigenvalue weighted by molar-refractivity contribution is -0.122. The molecule has 4 rings (SSSR count). The fourth-order valence-corrected chi connectivity index (χ4v) is 4.17. The summed E-state index contributed by atoms with van der Waals surface area (Å²) in [6, 6.07) is 17.0. The molecule has 2 aromatic carbocycles. The summed E-state index contributed by atoms with van der Waals surface area (Å²) in [7, 11) is 0. The molecule has 0 N–H and O–H groups in total. The molecule has 0 aliphatic carbocycles. The van der Waals surface area contributed by atoms with Gasteiger partial charge in [-0.3, -0.25) is 9.69 Å². The van der Waals surface area contributed by atoms with E-state index in [0.717, 1.165) is 5.56 Å². The maximum Gasteiger partial charge on any atom is 0.344 e. The number of hydrogen-bond acceptors (Lipinski definition) is 5. The number of cyclic esters (lactones) is 1. The Hall–Kier alpha value is -2.44. The van der Waals surface area contributed by atoms with Crippen molar-refractivity contribution in [1.82, 2.24) is 4.90 Å². The van der Waals surface area contributed by atoms with Gasteiger partial charge in [0.1, 0.15) is 9.23 Å². The zero-order chi connectivity index (χ0) is 17.4. The van der Waals surface area contributed by atoms with Crippen LogP contribution in [0.5, 0.6) is 0 Å². The number of amides is 1. The summed E-state index contributed by atoms with van der Waals surface area (Å²) < 4.78 is 5.85. The molecule has 2 aliphatic rings. The molecule has 0 saturated carbocycles. The summed E-state index contributed by atoms with van der Waals surface area (Å²) in [5.74, 6) is -0.314. The Kier molecular flexibility index (Phi) is 4.15. The lowest BCUT2D eigenvalue weighted by Crippen LogP contribution is -2.30. The van der Waals surface area contributed by atoms with Crippen molar-refractivity contribution in [3.05, 3.63) is 76.2 Å². The molecular formula is C19H13NO3S2. The van der Waals surface area contributed by atoms with Crippen LogP contribution in [0, 0.1) is 0 Å². The zero-order valence-electron chi connectivity index (χ0n) is 13.1. The third-order valence-corrected chi connectivity index (χ3v) is 5.54. The summed E-state index contributed by atoms with van der Waals surface area (Å²) in [5.41, 5.74) is 2.27. The number of hydrogen-bond donors (Lipinski definition) is 0. The van der Waals surface area contributed by atoms with Crippen LogP contribution in [-0.4, -0.2) is 27.6 Å². The second kappa shape index (κ2) is 6.46. The molecule has 2 aromatic rings. The lowest BCUT2D eigenvalue weighted by Gasteiger charge is -2.14. The molecule has 0 radical (unpaired) electrons. The van der Waals surface area contributed by atoms with E-state index in [-0.39, 0.29) is 5.91 Å². The standard InChI is InChI=1S/C19H13NO3S2/c21-17-16(15-13-8-4-5-9-14(13)18(22)23-15)25-19(24)20(17)11-10-12-6-2-1-3-7-12/h1-9H,10-11H2/b16-15+. The zero-order valence-corrected chi connectivity index (χ0v) is 14.7. The number of thiocarbonyl (C=S) groups is 1. The molecule has 0 bridgehead atoms. The Labute approximate surface area is 154 Å². The molecule has 124 valence electrons. The van der Waals surface area contributed by atoms with Crippen LogP contribution in [0.15, 0.2) is 59.5 Å². The van der Waals surface area contributed by atoms with E-state index in [1.54, 1.807) is 23.1 Å². The predicted octanol–water partition coefficient (Wildman–Crippen LogP) is 3.63. The Morgan fingerprint density at radius 3 is 2.40 bits per heavy atom. The second-order valence-electron chi connectivity index (χ2n) is 5.65. The molecule has 0 spiro atoms. The first-order valence-electron chi connectivity index (χ1n) is 7.78. The molecule has 25 heavy (non-hydrogen) atoms. The van der Waals surface area contributed by atoms with Crippen molar-refractivity contribution in [2.45, 2.75) is 6.42 Å². The number of fused-ring (bicyclic) bond motifs is 1. The number of ether oxygens (including phenoxy) is 1. The van der Waals surface area contributed by atoms with E-state index in [9.17, 15) is 9.59 Å². The van der Waals surface area contributed by atoms with Crippen molar-refractivity contribution in [2.24, 2.45) is 0 Å². The highest BCUT2D eigenvalue weighted by atomic mass is 32.2. The Morgan fingerprint density at radius 2 is 1.64 bits per heavy atom. The summed E-state index contributed by atoms with van der Waals surface area (Å²) in [6.07, 6.45) is 0.715. The number of thioether (sulfide) groups is 1. The molecule has 0 aromatic heterocycles. The number of rotatable bonds is 3. The highest BCUT2D eigenvalue weighted by Gasteiger charge is 2.39. The van der Waals surface area contributed by atoms with Gasteiger partial charge in [-0.25, -0.2) is 4.79 Å². The molecular weight excluding hydrogens is 354 g/mol. The Bertz CT molecular complexity index is 921. The van der Waals surface area contributed by atoms with Gasteiger partial charge in [-0.15, -0.1) is 0 Å². The molecule has 1 saturated heterocycles. The van der Waals surface area contributed by atoms with Crippen molar-refractivity contribution < 1.29 is 14.3 Å². The third kappa shape index (κ3) is 2.88. The first-order chi connectivity index (χ1) is 12.1. The fourth-order valence-electron chi connectivity index (χ4n) is 2.84. The van der Waals surface area contributed by atoms with Gasteiger partial charge >= 0.3 is 5.97 Å². The normalized spacial score (nSPS) is 19.4. The highest BCUT2D eigenvalue weighted by Crippen LogP contribution is 2.41. The van der Waals surface area contributed by atoms with Crippen molar-refractivity contribution in [3.63, 3.8) is 0 Å². The highest BCUT2D eigenvalue weighted by molar-refractivity contribution is 8.26. The number of nitrogens with zero attached hydrogens (tertiary/aromatic N) is 1. The number of esters is 1. The van der Waals surface area contributed by atoms with Gasteiger partial charge in [0.25, 0.3) is 5.91 Å². The van der Waals surface area contributed by atoms with Crippen molar-refractivity contribution >= 4 is 45.9 Å². The minimum atomic E-state index is -0.430. The molecule has 4 nitrogen and oxygen atoms in total. The van der Waals surface area contributed by atoms with Crippen LogP contribution in [0.25, 0.3) is 5.76 Å². The lowest BCUT2D eigenvalue weighted by atomic mass is 10.1. The van der Waals surface area contributed by atoms with E-state index >= 15 is 0 Å². The van der Waals surface area contributed by atoms with E-state index in [0.29, 0.717) is 39.1 Å². The Morgan fingerprint density at radius 1 is 0.960 bits per heavy atom. The number of carbonyl (C=O) groups excluding carboxylic acids is 2. The largest absolute Gasteiger partial charge is 0.421 e. The molecule has 1 fully saturated rings. The van der Waals surface area contributed by atoms with Gasteiger partial charge in [-0.1, -0.05) is 72.5 Å². The average Bonchev–Trinajstić information content (AvgIpc) is 3.11. The Balaban J connectivity index is 1.61. The van der Waals surface area contributed by atoms with Crippen LogP contribution in [0.4, 0.5) is 0 Å². The van der Waals surface area contributed by atoms with Crippen LogP contribution in [0.3, 0.4) is 0 Å². The molecule has 0 unspecified atom stereocenters. The quantitative estimate of drug-likeness (QED) is 0.471. The maximum atomic E-state index is 12.8. The minimum Gasteiger partial charge on any atom is -0.421 e. The molecule has 2 heterocycles. The molecule has 6 heteroatoms. The predicted molar refractivity (Wildman–Crippen MR) is 101 cm³/mol. The first-order valence-corrected chi connectivity index (χ1v) is 9.01. The van der Waals surface area contributed by atoms with Gasteiger partial charge in [0, 0.05) is 12.1 Å². The van der Waals surface area contributed by atoms with Gasteiger partial charge in [-0.2, -0.15) is 0 Å². The van der Waals surface area contributed by atoms with Crippen molar-refractivity contribution in [3.8, 4) is 0 Å². The fraction of sp³-hybridized carbons (Fsp3) is 0.105. The van der Waals surface area contributed by atoms with Gasteiger partial charge in [0.2, 0.25) is 0 Å². The SMILES string of the molecule is O=C1O/C(=C2/SC(=S)N(CCc3ccccc3)C2=O)c2ccccc21. The van der Waals surface area contributed by atoms with Crippen LogP contribution >= 0.6 is 24.0 Å². The summed E-state index contributed by atoms with van der Waals surface area (Å²) in [5, 5.41) is 0. The van der Waals surface area contributed by atoms with Crippen molar-refractivity contribution in [1.29, 1.82) is 0 Å². The van der Waals surface area contributed by atoms with Gasteiger partial charge < -0.3 is 4.74 Å². The van der Waals surface area contributed by atoms with Crippen LogP contribution < -0.4 is 0 Å². The number of benzene rings is 2. The van der Waals surface area contributed by atoms with Gasteiger partial charge in [-0.05, 0) is 18.1 Å². The minimum absolute atomic E-state index is 0.203. The van der Waals surface area contributed by atoms with Gasteiger partial charge in [0.15, 0.2) is 5.76 Å². The summed E-state index contributed by atoms with van der Waals surface area (Å²) in [4.78, 5) is 26.8. The third-order valence-electron chi connectivity index (χ3n) is 4.11. The topological polar surface area (TPSA) is 46.6 Å². The number of carbonyl (C=O) groups is 2. The van der Waals surface area contributed by atoms with E-state index in [1.165, 1.54) is 11.8 Å². The summed E-state index contributed by atoms with van der Waals surface area (Å²) in [6.45, 7) is 0.501. The molecule has 1 amide bonds. The second-order valence-corrected chi connectivity index (χ2v) is 7.30.